The normalized spacial score (nSPS) is 17.8. The molecule has 4 rings (SSSR count). The Bertz CT molecular complexity index is 961. The van der Waals surface area contributed by atoms with Crippen molar-refractivity contribution in [3.63, 3.8) is 0 Å². The Balaban J connectivity index is 1.67. The van der Waals surface area contributed by atoms with Crippen LogP contribution < -0.4 is 10.0 Å². The van der Waals surface area contributed by atoms with Crippen LogP contribution in [0, 0.1) is 0 Å². The van der Waals surface area contributed by atoms with Crippen LogP contribution in [0.2, 0.25) is 0 Å². The molecule has 3 aromatic rings. The summed E-state index contributed by atoms with van der Waals surface area (Å²) in [6, 6.07) is 5.40. The second-order valence-electron chi connectivity index (χ2n) is 5.84. The molecule has 0 spiro atoms. The minimum atomic E-state index is -3.66. The molecule has 1 aliphatic heterocycles. The summed E-state index contributed by atoms with van der Waals surface area (Å²) in [4.78, 5) is 8.04. The third-order valence-electron chi connectivity index (χ3n) is 4.21. The molecule has 0 aliphatic carbocycles. The van der Waals surface area contributed by atoms with Crippen molar-refractivity contribution in [2.45, 2.75) is 30.8 Å². The minimum absolute atomic E-state index is 0.174. The van der Waals surface area contributed by atoms with Crippen molar-refractivity contribution in [1.82, 2.24) is 9.38 Å². The maximum absolute atomic E-state index is 11.5. The Morgan fingerprint density at radius 3 is 3.00 bits per heavy atom. The van der Waals surface area contributed by atoms with Gasteiger partial charge >= 0.3 is 0 Å². The quantitative estimate of drug-likeness (QED) is 0.785. The first kappa shape index (κ1) is 14.7. The molecular formula is C15H16N4O2S2. The predicted octanol–water partition coefficient (Wildman–Crippen LogP) is 1.99. The number of nitrogens with zero attached hydrogens (tertiary/aromatic N) is 3. The highest BCUT2D eigenvalue weighted by molar-refractivity contribution is 7.89. The van der Waals surface area contributed by atoms with Crippen LogP contribution in [-0.4, -0.2) is 23.8 Å². The van der Waals surface area contributed by atoms with Gasteiger partial charge < -0.3 is 4.90 Å². The molecule has 8 heteroatoms. The van der Waals surface area contributed by atoms with Crippen molar-refractivity contribution >= 4 is 32.0 Å². The number of hydrogen-bond donors (Lipinski definition) is 1. The summed E-state index contributed by atoms with van der Waals surface area (Å²) in [6.45, 7) is 2.84. The summed E-state index contributed by atoms with van der Waals surface area (Å²) < 4.78 is 25.0. The fourth-order valence-electron chi connectivity index (χ4n) is 3.12. The minimum Gasteiger partial charge on any atom is -0.362 e. The number of aromatic nitrogens is 2. The largest absolute Gasteiger partial charge is 0.362 e. The number of anilines is 1. The lowest BCUT2D eigenvalue weighted by molar-refractivity contribution is 0.597. The maximum atomic E-state index is 11.5. The average Bonchev–Trinajstić information content (AvgIpc) is 3.12. The van der Waals surface area contributed by atoms with E-state index >= 15 is 0 Å². The third-order valence-corrected chi connectivity index (χ3v) is 5.89. The van der Waals surface area contributed by atoms with Crippen LogP contribution in [0.3, 0.4) is 0 Å². The highest BCUT2D eigenvalue weighted by Crippen LogP contribution is 2.34. The van der Waals surface area contributed by atoms with Gasteiger partial charge in [-0.15, -0.1) is 11.3 Å². The second-order valence-corrected chi connectivity index (χ2v) is 8.28. The number of sulfonamides is 1. The Morgan fingerprint density at radius 2 is 2.26 bits per heavy atom. The summed E-state index contributed by atoms with van der Waals surface area (Å²) >= 11 is 1.61. The SMILES string of the molecule is C[C@@H]1Cc2cc(S(N)(=O)=O)ccc2N1Cc1cn2ccsc2n1. The fraction of sp³-hybridized carbons (Fsp3) is 0.267. The molecule has 0 amide bonds. The van der Waals surface area contributed by atoms with Crippen molar-refractivity contribution in [2.75, 3.05) is 4.90 Å². The van der Waals surface area contributed by atoms with Crippen molar-refractivity contribution in [2.24, 2.45) is 5.14 Å². The molecule has 2 N–H and O–H groups in total. The zero-order valence-electron chi connectivity index (χ0n) is 12.5. The van der Waals surface area contributed by atoms with E-state index in [-0.39, 0.29) is 4.90 Å². The van der Waals surface area contributed by atoms with Crippen LogP contribution >= 0.6 is 11.3 Å². The molecule has 0 saturated carbocycles. The average molecular weight is 348 g/mol. The van der Waals surface area contributed by atoms with Gasteiger partial charge in [0.05, 0.1) is 17.1 Å². The van der Waals surface area contributed by atoms with Crippen LogP contribution in [0.5, 0.6) is 0 Å². The molecule has 1 atom stereocenters. The molecule has 1 aliphatic rings. The summed E-state index contributed by atoms with van der Waals surface area (Å²) in [5, 5.41) is 7.23. The first-order valence-corrected chi connectivity index (χ1v) is 9.68. The number of imidazole rings is 1. The lowest BCUT2D eigenvalue weighted by atomic mass is 10.1. The number of hydrogen-bond acceptors (Lipinski definition) is 5. The lowest BCUT2D eigenvalue weighted by Crippen LogP contribution is -2.28. The second kappa shape index (κ2) is 5.05. The molecule has 0 radical (unpaired) electrons. The fourth-order valence-corrected chi connectivity index (χ4v) is 4.40. The first-order chi connectivity index (χ1) is 10.9. The van der Waals surface area contributed by atoms with Crippen molar-refractivity contribution < 1.29 is 8.42 Å². The molecular weight excluding hydrogens is 332 g/mol. The zero-order valence-corrected chi connectivity index (χ0v) is 14.1. The van der Waals surface area contributed by atoms with Gasteiger partial charge in [-0.2, -0.15) is 0 Å². The monoisotopic (exact) mass is 348 g/mol. The molecule has 0 unspecified atom stereocenters. The molecule has 1 aromatic carbocycles. The molecule has 3 heterocycles. The summed E-state index contributed by atoms with van der Waals surface area (Å²) in [6.07, 6.45) is 4.84. The maximum Gasteiger partial charge on any atom is 0.238 e. The van der Waals surface area contributed by atoms with E-state index in [1.165, 1.54) is 0 Å². The number of benzene rings is 1. The van der Waals surface area contributed by atoms with E-state index in [0.717, 1.165) is 28.3 Å². The van der Waals surface area contributed by atoms with Gasteiger partial charge in [0.1, 0.15) is 0 Å². The van der Waals surface area contributed by atoms with Gasteiger partial charge in [0.2, 0.25) is 10.0 Å². The zero-order chi connectivity index (χ0) is 16.2. The van der Waals surface area contributed by atoms with Crippen LogP contribution in [0.25, 0.3) is 4.96 Å². The van der Waals surface area contributed by atoms with E-state index < -0.39 is 10.0 Å². The third kappa shape index (κ3) is 2.52. The molecule has 0 fully saturated rings. The van der Waals surface area contributed by atoms with Gasteiger partial charge in [-0.1, -0.05) is 0 Å². The summed E-state index contributed by atoms with van der Waals surface area (Å²) in [7, 11) is -3.66. The Hall–Kier alpha value is -1.90. The molecule has 6 nitrogen and oxygen atoms in total. The summed E-state index contributed by atoms with van der Waals surface area (Å²) in [5.74, 6) is 0. The van der Waals surface area contributed by atoms with Gasteiger partial charge in [0.25, 0.3) is 0 Å². The van der Waals surface area contributed by atoms with Gasteiger partial charge in [-0.3, -0.25) is 4.40 Å². The van der Waals surface area contributed by atoms with Crippen molar-refractivity contribution in [3.05, 3.63) is 47.2 Å². The van der Waals surface area contributed by atoms with E-state index in [1.54, 1.807) is 23.5 Å². The van der Waals surface area contributed by atoms with Gasteiger partial charge in [0, 0.05) is 29.5 Å². The van der Waals surface area contributed by atoms with E-state index in [1.807, 2.05) is 28.2 Å². The Kier molecular flexibility index (Phi) is 3.22. The molecule has 0 saturated heterocycles. The molecule has 2 aromatic heterocycles. The van der Waals surface area contributed by atoms with Crippen LogP contribution in [0.4, 0.5) is 5.69 Å². The molecule has 120 valence electrons. The van der Waals surface area contributed by atoms with E-state index in [9.17, 15) is 8.42 Å². The van der Waals surface area contributed by atoms with Crippen LogP contribution in [-0.2, 0) is 23.0 Å². The highest BCUT2D eigenvalue weighted by Gasteiger charge is 2.27. The number of rotatable bonds is 3. The standard InChI is InChI=1S/C15H16N4O2S2/c1-10-6-11-7-13(23(16,20)21)2-3-14(11)19(10)9-12-8-18-4-5-22-15(18)17-12/h2-5,7-8,10H,6,9H2,1H3,(H2,16,20,21)/t10-/m1/s1. The summed E-state index contributed by atoms with van der Waals surface area (Å²) in [5.41, 5.74) is 3.08. The number of fused-ring (bicyclic) bond motifs is 2. The van der Waals surface area contributed by atoms with Gasteiger partial charge in [0.15, 0.2) is 4.96 Å². The van der Waals surface area contributed by atoms with Gasteiger partial charge in [-0.25, -0.2) is 18.5 Å². The molecule has 0 bridgehead atoms. The smallest absolute Gasteiger partial charge is 0.238 e. The van der Waals surface area contributed by atoms with Gasteiger partial charge in [-0.05, 0) is 37.1 Å². The predicted molar refractivity (Wildman–Crippen MR) is 90.2 cm³/mol. The van der Waals surface area contributed by atoms with Crippen LogP contribution in [0.15, 0.2) is 40.9 Å². The first-order valence-electron chi connectivity index (χ1n) is 7.25. The number of nitrogens with two attached hydrogens (primary N) is 1. The van der Waals surface area contributed by atoms with E-state index in [0.29, 0.717) is 12.6 Å². The van der Waals surface area contributed by atoms with Crippen LogP contribution in [0.1, 0.15) is 18.2 Å². The Morgan fingerprint density at radius 1 is 1.43 bits per heavy atom. The number of primary sulfonamides is 1. The lowest BCUT2D eigenvalue weighted by Gasteiger charge is -2.23. The highest BCUT2D eigenvalue weighted by atomic mass is 32.2. The number of thiazole rings is 1. The van der Waals surface area contributed by atoms with Crippen molar-refractivity contribution in [3.8, 4) is 0 Å². The van der Waals surface area contributed by atoms with E-state index in [4.69, 9.17) is 5.14 Å². The Labute approximate surface area is 138 Å². The molecule has 23 heavy (non-hydrogen) atoms. The van der Waals surface area contributed by atoms with E-state index in [2.05, 4.69) is 16.8 Å². The van der Waals surface area contributed by atoms with Crippen molar-refractivity contribution in [1.29, 1.82) is 0 Å². The topological polar surface area (TPSA) is 80.7 Å².